The fourth-order valence-electron chi connectivity index (χ4n) is 2.33. The van der Waals surface area contributed by atoms with Crippen LogP contribution in [0.15, 0.2) is 41.3 Å². The number of benzene rings is 2. The molecule has 2 nitrogen and oxygen atoms in total. The lowest BCUT2D eigenvalue weighted by atomic mass is 10.1. The first kappa shape index (κ1) is 12.3. The number of hydrogen-bond donors (Lipinski definition) is 1. The lowest BCUT2D eigenvalue weighted by Gasteiger charge is -2.05. The summed E-state index contributed by atoms with van der Waals surface area (Å²) in [7, 11) is 2.05. The van der Waals surface area contributed by atoms with E-state index in [-0.39, 0.29) is 0 Å². The fourth-order valence-corrected chi connectivity index (χ4v) is 2.52. The predicted molar refractivity (Wildman–Crippen MR) is 82.9 cm³/mol. The van der Waals surface area contributed by atoms with Gasteiger partial charge in [-0.25, -0.2) is 4.98 Å². The van der Waals surface area contributed by atoms with Crippen LogP contribution in [0.1, 0.15) is 11.1 Å². The molecule has 2 aromatic carbocycles. The van der Waals surface area contributed by atoms with Crippen molar-refractivity contribution in [2.24, 2.45) is 7.05 Å². The third-order valence-corrected chi connectivity index (χ3v) is 3.91. The summed E-state index contributed by atoms with van der Waals surface area (Å²) in [5.74, 6) is 0.997. The Morgan fingerprint density at radius 3 is 2.53 bits per heavy atom. The molecular formula is C16H16N2S. The van der Waals surface area contributed by atoms with E-state index in [0.717, 1.165) is 27.3 Å². The third kappa shape index (κ3) is 2.04. The van der Waals surface area contributed by atoms with Crippen molar-refractivity contribution in [2.75, 3.05) is 0 Å². The van der Waals surface area contributed by atoms with E-state index >= 15 is 0 Å². The molecule has 0 atom stereocenters. The van der Waals surface area contributed by atoms with Gasteiger partial charge in [-0.15, -0.1) is 12.6 Å². The van der Waals surface area contributed by atoms with Gasteiger partial charge in [0.25, 0.3) is 0 Å². The molecule has 0 aliphatic heterocycles. The van der Waals surface area contributed by atoms with E-state index in [9.17, 15) is 0 Å². The maximum atomic E-state index is 4.73. The first-order valence-corrected chi connectivity index (χ1v) is 6.74. The van der Waals surface area contributed by atoms with Crippen molar-refractivity contribution >= 4 is 23.7 Å². The second-order valence-corrected chi connectivity index (χ2v) is 5.48. The maximum Gasteiger partial charge on any atom is 0.140 e. The minimum Gasteiger partial charge on any atom is -0.327 e. The minimum atomic E-state index is 0.942. The van der Waals surface area contributed by atoms with Crippen molar-refractivity contribution in [1.82, 2.24) is 9.55 Å². The van der Waals surface area contributed by atoms with Crippen LogP contribution >= 0.6 is 12.6 Å². The molecule has 1 aromatic heterocycles. The molecule has 0 spiro atoms. The fraction of sp³-hybridized carbons (Fsp3) is 0.188. The minimum absolute atomic E-state index is 0.942. The van der Waals surface area contributed by atoms with E-state index in [1.54, 1.807) is 0 Å². The normalized spacial score (nSPS) is 11.2. The Labute approximate surface area is 118 Å². The molecule has 0 N–H and O–H groups in total. The Bertz CT molecular complexity index is 772. The summed E-state index contributed by atoms with van der Waals surface area (Å²) in [5.41, 5.74) is 5.87. The molecule has 0 radical (unpaired) electrons. The van der Waals surface area contributed by atoms with Crippen LogP contribution in [0.2, 0.25) is 0 Å². The van der Waals surface area contributed by atoms with E-state index in [0.29, 0.717) is 0 Å². The molecule has 96 valence electrons. The van der Waals surface area contributed by atoms with Gasteiger partial charge in [-0.3, -0.25) is 0 Å². The third-order valence-electron chi connectivity index (χ3n) is 3.63. The number of aromatic nitrogens is 2. The van der Waals surface area contributed by atoms with Gasteiger partial charge in [0.15, 0.2) is 0 Å². The first-order valence-electron chi connectivity index (χ1n) is 6.29. The van der Waals surface area contributed by atoms with Gasteiger partial charge in [0.05, 0.1) is 11.0 Å². The van der Waals surface area contributed by atoms with Gasteiger partial charge in [-0.05, 0) is 49.2 Å². The average Bonchev–Trinajstić information content (AvgIpc) is 2.70. The number of hydrogen-bond acceptors (Lipinski definition) is 2. The van der Waals surface area contributed by atoms with Crippen LogP contribution in [0.3, 0.4) is 0 Å². The molecular weight excluding hydrogens is 252 g/mol. The molecule has 0 saturated heterocycles. The number of rotatable bonds is 1. The largest absolute Gasteiger partial charge is 0.327 e. The summed E-state index contributed by atoms with van der Waals surface area (Å²) in [5, 5.41) is 0. The molecule has 19 heavy (non-hydrogen) atoms. The average molecular weight is 268 g/mol. The first-order chi connectivity index (χ1) is 9.06. The molecule has 0 aliphatic rings. The van der Waals surface area contributed by atoms with Gasteiger partial charge >= 0.3 is 0 Å². The van der Waals surface area contributed by atoms with E-state index in [1.165, 1.54) is 11.1 Å². The van der Waals surface area contributed by atoms with Gasteiger partial charge < -0.3 is 4.57 Å². The van der Waals surface area contributed by atoms with Crippen molar-refractivity contribution < 1.29 is 0 Å². The Hall–Kier alpha value is -1.74. The second-order valence-electron chi connectivity index (χ2n) is 4.97. The summed E-state index contributed by atoms with van der Waals surface area (Å²) in [6.45, 7) is 4.26. The van der Waals surface area contributed by atoms with Gasteiger partial charge in [-0.2, -0.15) is 0 Å². The number of thiol groups is 1. The van der Waals surface area contributed by atoms with Crippen LogP contribution in [0.25, 0.3) is 22.4 Å². The molecule has 3 rings (SSSR count). The summed E-state index contributed by atoms with van der Waals surface area (Å²) in [6.07, 6.45) is 0. The molecule has 1 heterocycles. The monoisotopic (exact) mass is 268 g/mol. The highest BCUT2D eigenvalue weighted by molar-refractivity contribution is 7.80. The molecule has 3 heteroatoms. The van der Waals surface area contributed by atoms with Crippen LogP contribution in [0.5, 0.6) is 0 Å². The molecule has 0 amide bonds. The van der Waals surface area contributed by atoms with Gasteiger partial charge in [0, 0.05) is 17.5 Å². The smallest absolute Gasteiger partial charge is 0.140 e. The second kappa shape index (κ2) is 4.42. The molecule has 0 bridgehead atoms. The molecule has 0 saturated carbocycles. The van der Waals surface area contributed by atoms with Gasteiger partial charge in [0.1, 0.15) is 5.82 Å². The number of aryl methyl sites for hydroxylation is 3. The van der Waals surface area contributed by atoms with E-state index in [4.69, 9.17) is 4.98 Å². The number of fused-ring (bicyclic) bond motifs is 1. The Morgan fingerprint density at radius 1 is 1.00 bits per heavy atom. The zero-order valence-corrected chi connectivity index (χ0v) is 12.2. The zero-order valence-electron chi connectivity index (χ0n) is 11.3. The maximum absolute atomic E-state index is 4.73. The van der Waals surface area contributed by atoms with Crippen LogP contribution in [-0.4, -0.2) is 9.55 Å². The Morgan fingerprint density at radius 2 is 1.79 bits per heavy atom. The highest BCUT2D eigenvalue weighted by Gasteiger charge is 2.10. The summed E-state index contributed by atoms with van der Waals surface area (Å²) < 4.78 is 2.13. The van der Waals surface area contributed by atoms with E-state index < -0.39 is 0 Å². The summed E-state index contributed by atoms with van der Waals surface area (Å²) in [4.78, 5) is 5.67. The lowest BCUT2D eigenvalue weighted by molar-refractivity contribution is 0.958. The van der Waals surface area contributed by atoms with Crippen molar-refractivity contribution in [3.63, 3.8) is 0 Å². The van der Waals surface area contributed by atoms with E-state index in [1.807, 2.05) is 12.1 Å². The highest BCUT2D eigenvalue weighted by Crippen LogP contribution is 2.26. The summed E-state index contributed by atoms with van der Waals surface area (Å²) in [6, 6.07) is 12.5. The quantitative estimate of drug-likeness (QED) is 0.657. The molecule has 0 fully saturated rings. The predicted octanol–water partition coefficient (Wildman–Crippen LogP) is 4.15. The SMILES string of the molecule is Cc1ccc(-c2nc3cc(S)ccc3n2C)cc1C. The van der Waals surface area contributed by atoms with Crippen molar-refractivity contribution in [2.45, 2.75) is 18.7 Å². The van der Waals surface area contributed by atoms with Gasteiger partial charge in [0.2, 0.25) is 0 Å². The molecule has 0 unspecified atom stereocenters. The van der Waals surface area contributed by atoms with Crippen LogP contribution in [0.4, 0.5) is 0 Å². The van der Waals surface area contributed by atoms with Crippen molar-refractivity contribution in [3.05, 3.63) is 47.5 Å². The molecule has 3 aromatic rings. The van der Waals surface area contributed by atoms with Crippen LogP contribution in [0, 0.1) is 13.8 Å². The standard InChI is InChI=1S/C16H16N2S/c1-10-4-5-12(8-11(10)2)16-17-14-9-13(19)6-7-15(14)18(16)3/h4-9,19H,1-3H3. The van der Waals surface area contributed by atoms with Crippen LogP contribution in [-0.2, 0) is 7.05 Å². The molecule has 0 aliphatic carbocycles. The lowest BCUT2D eigenvalue weighted by Crippen LogP contribution is -1.93. The van der Waals surface area contributed by atoms with Crippen molar-refractivity contribution in [3.8, 4) is 11.4 Å². The number of imidazole rings is 1. The zero-order chi connectivity index (χ0) is 13.6. The van der Waals surface area contributed by atoms with Crippen molar-refractivity contribution in [1.29, 1.82) is 0 Å². The van der Waals surface area contributed by atoms with Gasteiger partial charge in [-0.1, -0.05) is 12.1 Å². The van der Waals surface area contributed by atoms with E-state index in [2.05, 4.69) is 62.4 Å². The summed E-state index contributed by atoms with van der Waals surface area (Å²) >= 11 is 4.37. The Kier molecular flexibility index (Phi) is 2.86. The Balaban J connectivity index is 2.24. The topological polar surface area (TPSA) is 17.8 Å². The highest BCUT2D eigenvalue weighted by atomic mass is 32.1. The number of nitrogens with zero attached hydrogens (tertiary/aromatic N) is 2. The van der Waals surface area contributed by atoms with Crippen LogP contribution < -0.4 is 0 Å².